The van der Waals surface area contributed by atoms with Crippen molar-refractivity contribution in [3.05, 3.63) is 28.8 Å². The smallest absolute Gasteiger partial charge is 0.143 e. The molecule has 0 saturated carbocycles. The van der Waals surface area contributed by atoms with Gasteiger partial charge < -0.3 is 4.18 Å². The third-order valence-corrected chi connectivity index (χ3v) is 2.72. The van der Waals surface area contributed by atoms with Crippen LogP contribution in [0.15, 0.2) is 12.1 Å². The maximum atomic E-state index is 5.12. The quantitative estimate of drug-likeness (QED) is 0.452. The summed E-state index contributed by atoms with van der Waals surface area (Å²) in [6.45, 7) is 4.15. The highest BCUT2D eigenvalue weighted by molar-refractivity contribution is 7.75. The zero-order valence-electron chi connectivity index (χ0n) is 8.29. The maximum absolute atomic E-state index is 5.12. The molecule has 0 unspecified atom stereocenters. The molecular formula is C12H12OS. The highest BCUT2D eigenvalue weighted by Crippen LogP contribution is 2.34. The molecule has 0 radical (unpaired) electrons. The molecule has 14 heavy (non-hydrogen) atoms. The molecule has 0 atom stereocenters. The zero-order chi connectivity index (χ0) is 10.1. The lowest BCUT2D eigenvalue weighted by atomic mass is 9.96. The molecule has 1 aromatic carbocycles. The van der Waals surface area contributed by atoms with Gasteiger partial charge in [-0.1, -0.05) is 30.9 Å². The van der Waals surface area contributed by atoms with Crippen LogP contribution in [0.3, 0.4) is 0 Å². The molecule has 0 heterocycles. The Bertz CT molecular complexity index is 418. The zero-order valence-corrected chi connectivity index (χ0v) is 9.19. The van der Waals surface area contributed by atoms with E-state index >= 15 is 0 Å². The van der Waals surface area contributed by atoms with Gasteiger partial charge in [-0.3, -0.25) is 0 Å². The van der Waals surface area contributed by atoms with Gasteiger partial charge >= 0.3 is 0 Å². The second-order valence-corrected chi connectivity index (χ2v) is 3.63. The van der Waals surface area contributed by atoms with Gasteiger partial charge in [-0.2, -0.15) is 0 Å². The van der Waals surface area contributed by atoms with Gasteiger partial charge in [0.1, 0.15) is 11.7 Å². The summed E-state index contributed by atoms with van der Waals surface area (Å²) in [4.78, 5) is 0. The van der Waals surface area contributed by atoms with E-state index in [0.29, 0.717) is 0 Å². The molecule has 0 saturated heterocycles. The van der Waals surface area contributed by atoms with Gasteiger partial charge in [0.25, 0.3) is 0 Å². The standard InChI is InChI=1S/C12H12OS/c1-3-10-11(9-5-6-9)7-4-8(2)12(10)13-14/h4,7,9,14H,3H2,1-2H3. The van der Waals surface area contributed by atoms with Gasteiger partial charge in [0.2, 0.25) is 0 Å². The molecule has 1 aliphatic rings. The average molecular weight is 204 g/mol. The predicted octanol–water partition coefficient (Wildman–Crippen LogP) is 2.88. The van der Waals surface area contributed by atoms with Crippen molar-refractivity contribution in [2.24, 2.45) is 0 Å². The normalized spacial score (nSPS) is 13.4. The van der Waals surface area contributed by atoms with Gasteiger partial charge in [-0.05, 0) is 24.5 Å². The molecule has 1 aliphatic carbocycles. The van der Waals surface area contributed by atoms with Gasteiger partial charge in [-0.25, -0.2) is 0 Å². The topological polar surface area (TPSA) is 9.23 Å². The van der Waals surface area contributed by atoms with Crippen LogP contribution in [0.2, 0.25) is 0 Å². The molecule has 0 fully saturated rings. The molecule has 0 amide bonds. The maximum Gasteiger partial charge on any atom is 0.143 e. The Morgan fingerprint density at radius 2 is 2.14 bits per heavy atom. The number of hydrogen-bond donors (Lipinski definition) is 1. The second kappa shape index (κ2) is 3.59. The molecule has 0 N–H and O–H groups in total. The van der Waals surface area contributed by atoms with Crippen LogP contribution in [0.5, 0.6) is 5.75 Å². The lowest BCUT2D eigenvalue weighted by Crippen LogP contribution is -1.97. The van der Waals surface area contributed by atoms with Crippen molar-refractivity contribution < 1.29 is 4.18 Å². The number of hydrogen-bond acceptors (Lipinski definition) is 2. The number of benzene rings is 1. The lowest BCUT2D eigenvalue weighted by molar-refractivity contribution is 0.638. The monoisotopic (exact) mass is 204 g/mol. The van der Waals surface area contributed by atoms with Crippen LogP contribution in [0.25, 0.3) is 0 Å². The van der Waals surface area contributed by atoms with Crippen molar-refractivity contribution >= 4 is 12.9 Å². The summed E-state index contributed by atoms with van der Waals surface area (Å²) in [5, 5.41) is 0. The van der Waals surface area contributed by atoms with Crippen molar-refractivity contribution in [1.82, 2.24) is 0 Å². The van der Waals surface area contributed by atoms with Crippen LogP contribution in [-0.4, -0.2) is 0 Å². The number of aryl methyl sites for hydroxylation is 1. The summed E-state index contributed by atoms with van der Waals surface area (Å²) in [6, 6.07) is 4.18. The predicted molar refractivity (Wildman–Crippen MR) is 60.7 cm³/mol. The molecule has 0 aromatic heterocycles. The van der Waals surface area contributed by atoms with Gasteiger partial charge in [0.05, 0.1) is 0 Å². The van der Waals surface area contributed by atoms with Crippen LogP contribution < -0.4 is 4.18 Å². The molecule has 1 aromatic rings. The average Bonchev–Trinajstić information content (AvgIpc) is 3.00. The van der Waals surface area contributed by atoms with Gasteiger partial charge in [0.15, 0.2) is 0 Å². The highest BCUT2D eigenvalue weighted by atomic mass is 32.1. The summed E-state index contributed by atoms with van der Waals surface area (Å²) in [5.74, 6) is 7.31. The largest absolute Gasteiger partial charge is 0.428 e. The summed E-state index contributed by atoms with van der Waals surface area (Å²) in [6.07, 6.45) is 0.951. The lowest BCUT2D eigenvalue weighted by Gasteiger charge is -2.13. The van der Waals surface area contributed by atoms with E-state index < -0.39 is 0 Å². The first kappa shape index (κ1) is 9.48. The fourth-order valence-corrected chi connectivity index (χ4v) is 1.97. The van der Waals surface area contributed by atoms with Crippen molar-refractivity contribution in [3.63, 3.8) is 0 Å². The Kier molecular flexibility index (Phi) is 2.43. The van der Waals surface area contributed by atoms with Gasteiger partial charge in [-0.15, -0.1) is 0 Å². The highest BCUT2D eigenvalue weighted by Gasteiger charge is 2.20. The van der Waals surface area contributed by atoms with Crippen molar-refractivity contribution in [2.75, 3.05) is 0 Å². The Hall–Kier alpha value is -1.07. The fraction of sp³-hybridized carbons (Fsp3) is 0.333. The number of rotatable bonds is 3. The summed E-state index contributed by atoms with van der Waals surface area (Å²) >= 11 is 3.90. The molecule has 1 nitrogen and oxygen atoms in total. The second-order valence-electron chi connectivity index (χ2n) is 3.45. The summed E-state index contributed by atoms with van der Waals surface area (Å²) in [7, 11) is 0. The first-order valence-electron chi connectivity index (χ1n) is 4.72. The van der Waals surface area contributed by atoms with Crippen LogP contribution in [0.4, 0.5) is 0 Å². The van der Waals surface area contributed by atoms with Crippen LogP contribution >= 0.6 is 12.9 Å². The Morgan fingerprint density at radius 3 is 2.64 bits per heavy atom. The van der Waals surface area contributed by atoms with Gasteiger partial charge in [0, 0.05) is 18.5 Å². The molecule has 0 bridgehead atoms. The van der Waals surface area contributed by atoms with Crippen molar-refractivity contribution in [2.45, 2.75) is 26.2 Å². The molecular weight excluding hydrogens is 192 g/mol. The molecule has 0 spiro atoms. The van der Waals surface area contributed by atoms with E-state index in [4.69, 9.17) is 4.18 Å². The molecule has 72 valence electrons. The van der Waals surface area contributed by atoms with Crippen LogP contribution in [-0.2, 0) is 6.42 Å². The van der Waals surface area contributed by atoms with E-state index in [9.17, 15) is 0 Å². The van der Waals surface area contributed by atoms with Crippen LogP contribution in [0, 0.1) is 18.8 Å². The summed E-state index contributed by atoms with van der Waals surface area (Å²) < 4.78 is 5.12. The fourth-order valence-electron chi connectivity index (χ4n) is 1.72. The van der Waals surface area contributed by atoms with E-state index in [1.165, 1.54) is 11.1 Å². The first-order valence-corrected chi connectivity index (χ1v) is 5.09. The van der Waals surface area contributed by atoms with Crippen molar-refractivity contribution in [1.29, 1.82) is 0 Å². The third kappa shape index (κ3) is 1.49. The van der Waals surface area contributed by atoms with E-state index in [-0.39, 0.29) is 5.92 Å². The Morgan fingerprint density at radius 1 is 1.43 bits per heavy atom. The minimum Gasteiger partial charge on any atom is -0.428 e. The third-order valence-electron chi connectivity index (χ3n) is 2.54. The SMILES string of the molecule is CCc1c(C2C#C2)ccc(C)c1OS. The minimum absolute atomic E-state index is 0.285. The van der Waals surface area contributed by atoms with E-state index in [1.54, 1.807) is 0 Å². The number of thiol groups is 1. The van der Waals surface area contributed by atoms with E-state index in [2.05, 4.69) is 43.8 Å². The first-order chi connectivity index (χ1) is 6.77. The minimum atomic E-state index is 0.285. The Labute approximate surface area is 90.1 Å². The molecule has 2 rings (SSSR count). The molecule has 0 aliphatic heterocycles. The summed E-state index contributed by atoms with van der Waals surface area (Å²) in [5.41, 5.74) is 3.60. The van der Waals surface area contributed by atoms with E-state index in [1.807, 2.05) is 6.92 Å². The Balaban J connectivity index is 2.50. The van der Waals surface area contributed by atoms with Crippen molar-refractivity contribution in [3.8, 4) is 17.6 Å². The van der Waals surface area contributed by atoms with Crippen LogP contribution in [0.1, 0.15) is 29.5 Å². The van der Waals surface area contributed by atoms with E-state index in [0.717, 1.165) is 17.7 Å². The molecule has 2 heteroatoms.